The fraction of sp³-hybridized carbons (Fsp3) is 0.333. The van der Waals surface area contributed by atoms with E-state index in [2.05, 4.69) is 25.6 Å². The number of amidine groups is 1. The molecule has 0 radical (unpaired) electrons. The molecule has 4 rings (SSSR count). The molecule has 1 aliphatic heterocycles. The SMILES string of the molecule is CNc1cc(N2CCC(NC)C2)cc(F)c1C(N)=Nc1cc(F)c2nn(C)cc2c1. The van der Waals surface area contributed by atoms with Gasteiger partial charge in [0.2, 0.25) is 0 Å². The van der Waals surface area contributed by atoms with Crippen molar-refractivity contribution < 1.29 is 8.78 Å². The number of hydrogen-bond donors (Lipinski definition) is 3. The summed E-state index contributed by atoms with van der Waals surface area (Å²) >= 11 is 0. The lowest BCUT2D eigenvalue weighted by atomic mass is 10.1. The summed E-state index contributed by atoms with van der Waals surface area (Å²) in [6.45, 7) is 1.66. The Morgan fingerprint density at radius 3 is 2.70 bits per heavy atom. The molecule has 4 N–H and O–H groups in total. The lowest BCUT2D eigenvalue weighted by Gasteiger charge is -2.21. The topological polar surface area (TPSA) is 83.5 Å². The zero-order valence-electron chi connectivity index (χ0n) is 17.2. The molecular formula is C21H25F2N7. The minimum atomic E-state index is -0.502. The Bertz CT molecular complexity index is 1120. The lowest BCUT2D eigenvalue weighted by molar-refractivity contribution is 0.615. The summed E-state index contributed by atoms with van der Waals surface area (Å²) in [5, 5.41) is 10.9. The van der Waals surface area contributed by atoms with Crippen LogP contribution in [0, 0.1) is 11.6 Å². The van der Waals surface area contributed by atoms with Gasteiger partial charge in [0.1, 0.15) is 17.2 Å². The van der Waals surface area contributed by atoms with Crippen LogP contribution < -0.4 is 21.3 Å². The number of aromatic nitrogens is 2. The van der Waals surface area contributed by atoms with Gasteiger partial charge < -0.3 is 21.3 Å². The second-order valence-electron chi connectivity index (χ2n) is 7.49. The highest BCUT2D eigenvalue weighted by Gasteiger charge is 2.24. The maximum Gasteiger partial charge on any atom is 0.153 e. The summed E-state index contributed by atoms with van der Waals surface area (Å²) < 4.78 is 31.0. The van der Waals surface area contributed by atoms with Crippen molar-refractivity contribution in [2.75, 3.05) is 37.4 Å². The Morgan fingerprint density at radius 1 is 1.20 bits per heavy atom. The van der Waals surface area contributed by atoms with E-state index in [9.17, 15) is 4.39 Å². The summed E-state index contributed by atoms with van der Waals surface area (Å²) in [7, 11) is 5.35. The average Bonchev–Trinajstić information content (AvgIpc) is 3.33. The van der Waals surface area contributed by atoms with Gasteiger partial charge in [0.05, 0.1) is 11.3 Å². The van der Waals surface area contributed by atoms with Gasteiger partial charge in [0.25, 0.3) is 0 Å². The van der Waals surface area contributed by atoms with Gasteiger partial charge in [-0.05, 0) is 31.7 Å². The first kappa shape index (κ1) is 20.1. The van der Waals surface area contributed by atoms with Crippen LogP contribution in [-0.2, 0) is 7.05 Å². The molecule has 0 aliphatic carbocycles. The smallest absolute Gasteiger partial charge is 0.153 e. The molecule has 2 heterocycles. The highest BCUT2D eigenvalue weighted by atomic mass is 19.1. The molecule has 1 aromatic heterocycles. The van der Waals surface area contributed by atoms with Crippen LogP contribution in [0.3, 0.4) is 0 Å². The van der Waals surface area contributed by atoms with Gasteiger partial charge in [-0.3, -0.25) is 4.68 Å². The molecule has 0 spiro atoms. The van der Waals surface area contributed by atoms with Crippen LogP contribution in [0.2, 0.25) is 0 Å². The quantitative estimate of drug-likeness (QED) is 0.443. The number of benzene rings is 2. The molecule has 0 saturated carbocycles. The fourth-order valence-corrected chi connectivity index (χ4v) is 3.92. The van der Waals surface area contributed by atoms with Crippen molar-refractivity contribution in [1.29, 1.82) is 0 Å². The number of aliphatic imine (C=N–C) groups is 1. The Balaban J connectivity index is 1.70. The molecule has 1 fully saturated rings. The summed E-state index contributed by atoms with van der Waals surface area (Å²) in [6, 6.07) is 6.64. The van der Waals surface area contributed by atoms with Crippen LogP contribution >= 0.6 is 0 Å². The minimum absolute atomic E-state index is 0.0273. The van der Waals surface area contributed by atoms with Gasteiger partial charge >= 0.3 is 0 Å². The first-order chi connectivity index (χ1) is 14.4. The van der Waals surface area contributed by atoms with Crippen molar-refractivity contribution in [3.63, 3.8) is 0 Å². The van der Waals surface area contributed by atoms with Crippen LogP contribution in [0.25, 0.3) is 10.9 Å². The summed E-state index contributed by atoms with van der Waals surface area (Å²) in [5.41, 5.74) is 8.19. The molecule has 1 aliphatic rings. The summed E-state index contributed by atoms with van der Waals surface area (Å²) in [6.07, 6.45) is 2.69. The standard InChI is InChI=1S/C21H25F2N7/c1-25-13-4-5-30(11-13)15-8-16(22)19(18(9-15)26-2)21(24)27-14-6-12-10-29(3)28-20(12)17(23)7-14/h6-10,13,25-26H,4-5,11H2,1-3H3,(H2,24,27). The summed E-state index contributed by atoms with van der Waals surface area (Å²) in [5.74, 6) is -1.01. The van der Waals surface area contributed by atoms with Crippen molar-refractivity contribution in [3.05, 3.63) is 47.7 Å². The zero-order valence-corrected chi connectivity index (χ0v) is 17.2. The molecule has 1 saturated heterocycles. The summed E-state index contributed by atoms with van der Waals surface area (Å²) in [4.78, 5) is 6.42. The molecule has 9 heteroatoms. The van der Waals surface area contributed by atoms with Crippen molar-refractivity contribution in [2.45, 2.75) is 12.5 Å². The number of nitrogens with one attached hydrogen (secondary N) is 2. The van der Waals surface area contributed by atoms with E-state index in [-0.39, 0.29) is 16.9 Å². The average molecular weight is 413 g/mol. The molecule has 1 atom stereocenters. The second-order valence-corrected chi connectivity index (χ2v) is 7.49. The van der Waals surface area contributed by atoms with Crippen LogP contribution in [0.15, 0.2) is 35.5 Å². The predicted molar refractivity (Wildman–Crippen MR) is 117 cm³/mol. The first-order valence-corrected chi connectivity index (χ1v) is 9.80. The number of anilines is 2. The molecule has 7 nitrogen and oxygen atoms in total. The third kappa shape index (κ3) is 3.68. The first-order valence-electron chi connectivity index (χ1n) is 9.80. The molecule has 3 aromatic rings. The minimum Gasteiger partial charge on any atom is -0.387 e. The van der Waals surface area contributed by atoms with E-state index in [0.29, 0.717) is 22.8 Å². The van der Waals surface area contributed by atoms with Crippen molar-refractivity contribution >= 4 is 33.8 Å². The highest BCUT2D eigenvalue weighted by molar-refractivity contribution is 6.04. The van der Waals surface area contributed by atoms with Gasteiger partial charge in [-0.2, -0.15) is 5.10 Å². The van der Waals surface area contributed by atoms with Gasteiger partial charge in [0, 0.05) is 62.3 Å². The molecule has 30 heavy (non-hydrogen) atoms. The fourth-order valence-electron chi connectivity index (χ4n) is 3.92. The highest BCUT2D eigenvalue weighted by Crippen LogP contribution is 2.30. The Kier molecular flexibility index (Phi) is 5.29. The number of aryl methyl sites for hydroxylation is 1. The Hall–Kier alpha value is -3.20. The van der Waals surface area contributed by atoms with E-state index < -0.39 is 11.6 Å². The Labute approximate surface area is 173 Å². The van der Waals surface area contributed by atoms with Gasteiger partial charge in [-0.25, -0.2) is 13.8 Å². The molecule has 0 amide bonds. The molecular weight excluding hydrogens is 388 g/mol. The van der Waals surface area contributed by atoms with Gasteiger partial charge in [-0.15, -0.1) is 0 Å². The van der Waals surface area contributed by atoms with Crippen LogP contribution in [-0.4, -0.2) is 48.8 Å². The number of nitrogens with two attached hydrogens (primary N) is 1. The maximum absolute atomic E-state index is 15.1. The number of nitrogens with zero attached hydrogens (tertiary/aromatic N) is 4. The largest absolute Gasteiger partial charge is 0.387 e. The molecule has 1 unspecified atom stereocenters. The van der Waals surface area contributed by atoms with E-state index in [4.69, 9.17) is 5.73 Å². The number of halogens is 2. The lowest BCUT2D eigenvalue weighted by Crippen LogP contribution is -2.29. The van der Waals surface area contributed by atoms with Crippen LogP contribution in [0.1, 0.15) is 12.0 Å². The third-order valence-electron chi connectivity index (χ3n) is 5.47. The third-order valence-corrected chi connectivity index (χ3v) is 5.47. The van der Waals surface area contributed by atoms with Crippen molar-refractivity contribution in [2.24, 2.45) is 17.8 Å². The molecule has 2 aromatic carbocycles. The van der Waals surface area contributed by atoms with Gasteiger partial charge in [-0.1, -0.05) is 0 Å². The number of likely N-dealkylation sites (N-methyl/N-ethyl adjacent to an activating group) is 1. The number of rotatable bonds is 5. The second kappa shape index (κ2) is 7.91. The van der Waals surface area contributed by atoms with E-state index in [0.717, 1.165) is 25.2 Å². The van der Waals surface area contributed by atoms with Crippen LogP contribution in [0.5, 0.6) is 0 Å². The van der Waals surface area contributed by atoms with E-state index >= 15 is 4.39 Å². The van der Waals surface area contributed by atoms with Crippen LogP contribution in [0.4, 0.5) is 25.8 Å². The predicted octanol–water partition coefficient (Wildman–Crippen LogP) is 2.73. The van der Waals surface area contributed by atoms with Crippen molar-refractivity contribution in [1.82, 2.24) is 15.1 Å². The molecule has 158 valence electrons. The van der Waals surface area contributed by atoms with E-state index in [1.165, 1.54) is 16.8 Å². The van der Waals surface area contributed by atoms with Crippen molar-refractivity contribution in [3.8, 4) is 0 Å². The normalized spacial score (nSPS) is 17.2. The zero-order chi connectivity index (χ0) is 21.4. The van der Waals surface area contributed by atoms with Gasteiger partial charge in [0.15, 0.2) is 5.82 Å². The number of hydrogen-bond acceptors (Lipinski definition) is 5. The number of fused-ring (bicyclic) bond motifs is 1. The van der Waals surface area contributed by atoms with E-state index in [1.807, 2.05) is 13.1 Å². The van der Waals surface area contributed by atoms with E-state index in [1.54, 1.807) is 26.4 Å². The molecule has 0 bridgehead atoms. The maximum atomic E-state index is 15.1. The monoisotopic (exact) mass is 413 g/mol. The Morgan fingerprint density at radius 2 is 2.00 bits per heavy atom.